The fraction of sp³-hybridized carbons (Fsp3) is 0.122. The van der Waals surface area contributed by atoms with E-state index in [2.05, 4.69) is 159 Å². The van der Waals surface area contributed by atoms with Crippen LogP contribution in [-0.2, 0) is 5.41 Å². The number of rotatable bonds is 3. The average molecular weight is 600 g/mol. The summed E-state index contributed by atoms with van der Waals surface area (Å²) in [7, 11) is -1.95. The Hall–Kier alpha value is -4.44. The molecule has 2 heterocycles. The number of benzene rings is 6. The Morgan fingerprint density at radius 2 is 1.34 bits per heavy atom. The quantitative estimate of drug-likeness (QED) is 0.183. The predicted molar refractivity (Wildman–Crippen MR) is 194 cm³/mol. The summed E-state index contributed by atoms with van der Waals surface area (Å²) in [6.45, 7) is 9.84. The highest BCUT2D eigenvalue weighted by molar-refractivity contribution is 7.26. The predicted octanol–water partition coefficient (Wildman–Crippen LogP) is 10.6. The third-order valence-electron chi connectivity index (χ3n) is 10.2. The molecule has 0 radical (unpaired) electrons. The minimum absolute atomic E-state index is 0.108. The van der Waals surface area contributed by atoms with E-state index in [0.717, 1.165) is 0 Å². The van der Waals surface area contributed by atoms with Crippen LogP contribution in [0.5, 0.6) is 0 Å². The molecule has 0 saturated carbocycles. The van der Waals surface area contributed by atoms with Gasteiger partial charge in [0.2, 0.25) is 0 Å². The van der Waals surface area contributed by atoms with Gasteiger partial charge in [-0.25, -0.2) is 0 Å². The first-order valence-corrected chi connectivity index (χ1v) is 19.4. The maximum absolute atomic E-state index is 2.54. The van der Waals surface area contributed by atoms with Crippen LogP contribution in [0.25, 0.3) is 42.4 Å². The van der Waals surface area contributed by atoms with Crippen LogP contribution >= 0.6 is 11.3 Å². The molecule has 7 aromatic rings. The van der Waals surface area contributed by atoms with Crippen molar-refractivity contribution in [2.75, 3.05) is 4.90 Å². The molecule has 1 aliphatic carbocycles. The summed E-state index contributed by atoms with van der Waals surface area (Å²) in [6.07, 6.45) is 0. The van der Waals surface area contributed by atoms with Crippen molar-refractivity contribution in [3.05, 3.63) is 139 Å². The number of fused-ring (bicyclic) bond motifs is 10. The lowest BCUT2D eigenvalue weighted by atomic mass is 9.81. The molecule has 3 heteroatoms. The van der Waals surface area contributed by atoms with Crippen molar-refractivity contribution < 1.29 is 0 Å². The summed E-state index contributed by atoms with van der Waals surface area (Å²) in [5.74, 6) is 0. The van der Waals surface area contributed by atoms with Gasteiger partial charge >= 0.3 is 0 Å². The molecular weight excluding hydrogens is 567 g/mol. The maximum atomic E-state index is 2.54. The first kappa shape index (κ1) is 26.0. The molecule has 0 saturated heterocycles. The molecule has 1 aromatic heterocycles. The summed E-state index contributed by atoms with van der Waals surface area (Å²) < 4.78 is 2.81. The summed E-state index contributed by atoms with van der Waals surface area (Å²) in [4.78, 5) is 2.51. The third-order valence-corrected chi connectivity index (χ3v) is 15.0. The van der Waals surface area contributed by atoms with Crippen LogP contribution in [0.3, 0.4) is 0 Å². The standard InChI is InChI=1S/C41H33NSSi/c1-41(2)33-18-10-8-15-28(33)30-17-12-19-34(39(30)41)42(26-13-6-5-7-14-26)27-21-22-32-37(25-27)44(3,4)36-24-23-31-29-16-9-11-20-35(29)43-40(31)38(32)36/h5-25H,1-4H3. The largest absolute Gasteiger partial charge is 0.310 e. The number of para-hydroxylation sites is 1. The Bertz CT molecular complexity index is 2290. The van der Waals surface area contributed by atoms with Crippen LogP contribution in [0.2, 0.25) is 13.1 Å². The van der Waals surface area contributed by atoms with Gasteiger partial charge in [0.1, 0.15) is 8.07 Å². The van der Waals surface area contributed by atoms with Crippen LogP contribution in [0, 0.1) is 0 Å². The second kappa shape index (κ2) is 9.04. The molecule has 212 valence electrons. The molecule has 1 aliphatic heterocycles. The highest BCUT2D eigenvalue weighted by Gasteiger charge is 2.41. The zero-order valence-electron chi connectivity index (χ0n) is 25.5. The highest BCUT2D eigenvalue weighted by atomic mass is 32.1. The lowest BCUT2D eigenvalue weighted by molar-refractivity contribution is 0.661. The molecule has 44 heavy (non-hydrogen) atoms. The van der Waals surface area contributed by atoms with Crippen LogP contribution in [0.4, 0.5) is 17.1 Å². The SMILES string of the molecule is CC1(C)c2ccccc2-c2cccc(N(c3ccccc3)c3ccc4c(c3)[Si](C)(C)c3ccc5c(sc6ccccc65)c3-4)c21. The number of anilines is 3. The Morgan fingerprint density at radius 3 is 2.20 bits per heavy atom. The van der Waals surface area contributed by atoms with Crippen molar-refractivity contribution in [3.8, 4) is 22.3 Å². The summed E-state index contributed by atoms with van der Waals surface area (Å²) in [6, 6.07) is 47.8. The van der Waals surface area contributed by atoms with Gasteiger partial charge in [-0.3, -0.25) is 0 Å². The molecule has 0 unspecified atom stereocenters. The van der Waals surface area contributed by atoms with Crippen molar-refractivity contribution in [2.45, 2.75) is 32.4 Å². The van der Waals surface area contributed by atoms with E-state index in [9.17, 15) is 0 Å². The molecule has 0 amide bonds. The van der Waals surface area contributed by atoms with Crippen molar-refractivity contribution in [3.63, 3.8) is 0 Å². The van der Waals surface area contributed by atoms with Crippen LogP contribution in [0.15, 0.2) is 127 Å². The molecule has 6 aromatic carbocycles. The number of nitrogens with zero attached hydrogens (tertiary/aromatic N) is 1. The van der Waals surface area contributed by atoms with E-state index in [-0.39, 0.29) is 5.41 Å². The first-order valence-electron chi connectivity index (χ1n) is 15.5. The zero-order valence-corrected chi connectivity index (χ0v) is 27.3. The first-order chi connectivity index (χ1) is 21.4. The Kier molecular flexibility index (Phi) is 5.34. The van der Waals surface area contributed by atoms with Crippen molar-refractivity contribution >= 4 is 67.0 Å². The molecule has 0 N–H and O–H groups in total. The van der Waals surface area contributed by atoms with E-state index in [1.165, 1.54) is 75.8 Å². The van der Waals surface area contributed by atoms with Gasteiger partial charge in [0.05, 0.1) is 5.69 Å². The van der Waals surface area contributed by atoms with E-state index in [0.29, 0.717) is 0 Å². The lowest BCUT2D eigenvalue weighted by Gasteiger charge is -2.33. The maximum Gasteiger partial charge on any atom is 0.114 e. The monoisotopic (exact) mass is 599 g/mol. The fourth-order valence-electron chi connectivity index (χ4n) is 8.14. The Labute approximate surface area is 264 Å². The van der Waals surface area contributed by atoms with Crippen molar-refractivity contribution in [1.29, 1.82) is 0 Å². The van der Waals surface area contributed by atoms with E-state index >= 15 is 0 Å². The topological polar surface area (TPSA) is 3.24 Å². The number of thiophene rings is 1. The van der Waals surface area contributed by atoms with Crippen molar-refractivity contribution in [2.24, 2.45) is 0 Å². The second-order valence-electron chi connectivity index (χ2n) is 13.4. The lowest BCUT2D eigenvalue weighted by Crippen LogP contribution is -2.49. The number of hydrogen-bond acceptors (Lipinski definition) is 2. The van der Waals surface area contributed by atoms with E-state index in [1.807, 2.05) is 11.3 Å². The Balaban J connectivity index is 1.28. The minimum atomic E-state index is -1.95. The smallest absolute Gasteiger partial charge is 0.114 e. The van der Waals surface area contributed by atoms with Gasteiger partial charge in [0, 0.05) is 37.0 Å². The van der Waals surface area contributed by atoms with Crippen LogP contribution in [-0.4, -0.2) is 8.07 Å². The molecule has 2 aliphatic rings. The number of hydrogen-bond donors (Lipinski definition) is 0. The van der Waals surface area contributed by atoms with Gasteiger partial charge < -0.3 is 4.90 Å². The molecule has 0 fully saturated rings. The van der Waals surface area contributed by atoms with Crippen LogP contribution in [0.1, 0.15) is 25.0 Å². The third kappa shape index (κ3) is 3.40. The molecule has 1 nitrogen and oxygen atoms in total. The molecule has 0 spiro atoms. The van der Waals surface area contributed by atoms with E-state index < -0.39 is 8.07 Å². The molecule has 9 rings (SSSR count). The fourth-order valence-corrected chi connectivity index (χ4v) is 12.6. The van der Waals surface area contributed by atoms with Gasteiger partial charge in [-0.2, -0.15) is 0 Å². The second-order valence-corrected chi connectivity index (χ2v) is 18.7. The zero-order chi connectivity index (χ0) is 29.8. The van der Waals surface area contributed by atoms with Gasteiger partial charge in [-0.15, -0.1) is 11.3 Å². The average Bonchev–Trinajstić information content (AvgIpc) is 3.62. The summed E-state index contributed by atoms with van der Waals surface area (Å²) >= 11 is 1.95. The summed E-state index contributed by atoms with van der Waals surface area (Å²) in [5.41, 5.74) is 12.0. The normalized spacial score (nSPS) is 15.2. The van der Waals surface area contributed by atoms with Crippen molar-refractivity contribution in [1.82, 2.24) is 0 Å². The van der Waals surface area contributed by atoms with Crippen LogP contribution < -0.4 is 15.3 Å². The van der Waals surface area contributed by atoms with Gasteiger partial charge in [0.25, 0.3) is 0 Å². The molecular formula is C41H33NSSi. The van der Waals surface area contributed by atoms with Gasteiger partial charge in [0.15, 0.2) is 0 Å². The molecule has 0 bridgehead atoms. The Morgan fingerprint density at radius 1 is 0.591 bits per heavy atom. The molecule has 0 atom stereocenters. The summed E-state index contributed by atoms with van der Waals surface area (Å²) in [5, 5.41) is 5.86. The van der Waals surface area contributed by atoms with Gasteiger partial charge in [-0.1, -0.05) is 118 Å². The van der Waals surface area contributed by atoms with E-state index in [1.54, 1.807) is 5.19 Å². The van der Waals surface area contributed by atoms with E-state index in [4.69, 9.17) is 0 Å². The highest BCUT2D eigenvalue weighted by Crippen LogP contribution is 2.54. The minimum Gasteiger partial charge on any atom is -0.310 e. The van der Waals surface area contributed by atoms with Gasteiger partial charge in [-0.05, 0) is 80.2 Å².